The molecule has 4 rings (SSSR count). The summed E-state index contributed by atoms with van der Waals surface area (Å²) in [6, 6.07) is 5.54. The number of carbonyl (C=O) groups is 2. The van der Waals surface area contributed by atoms with Crippen molar-refractivity contribution in [2.75, 3.05) is 31.5 Å². The van der Waals surface area contributed by atoms with Gasteiger partial charge in [-0.2, -0.15) is 5.10 Å². The van der Waals surface area contributed by atoms with E-state index in [0.717, 1.165) is 55.2 Å². The van der Waals surface area contributed by atoms with Gasteiger partial charge in [-0.15, -0.1) is 0 Å². The van der Waals surface area contributed by atoms with Crippen molar-refractivity contribution in [1.29, 1.82) is 0 Å². The molecule has 7 nitrogen and oxygen atoms in total. The largest absolute Gasteiger partial charge is 0.383 e. The van der Waals surface area contributed by atoms with Crippen LogP contribution in [-0.2, 0) is 6.42 Å². The van der Waals surface area contributed by atoms with Crippen molar-refractivity contribution in [3.63, 3.8) is 0 Å². The van der Waals surface area contributed by atoms with E-state index < -0.39 is 5.91 Å². The minimum Gasteiger partial charge on any atom is -0.383 e. The van der Waals surface area contributed by atoms with E-state index in [9.17, 15) is 9.59 Å². The second-order valence-corrected chi connectivity index (χ2v) is 11.0. The summed E-state index contributed by atoms with van der Waals surface area (Å²) in [4.78, 5) is 27.4. The number of nitrogens with two attached hydrogens (primary N) is 1. The van der Waals surface area contributed by atoms with E-state index in [1.54, 1.807) is 6.07 Å². The maximum atomic E-state index is 12.8. The van der Waals surface area contributed by atoms with E-state index in [1.165, 1.54) is 6.42 Å². The lowest BCUT2D eigenvalue weighted by Crippen LogP contribution is -2.41. The Morgan fingerprint density at radius 2 is 1.91 bits per heavy atom. The van der Waals surface area contributed by atoms with Crippen molar-refractivity contribution in [1.82, 2.24) is 14.7 Å². The lowest BCUT2D eigenvalue weighted by atomic mass is 9.75. The first-order chi connectivity index (χ1) is 15.5. The van der Waals surface area contributed by atoms with Gasteiger partial charge in [0.05, 0.1) is 28.2 Å². The number of aromatic nitrogens is 2. The molecule has 1 amide bonds. The highest BCUT2D eigenvalue weighted by Gasteiger charge is 2.35. The Kier molecular flexibility index (Phi) is 6.36. The lowest BCUT2D eigenvalue weighted by Gasteiger charge is -2.35. The van der Waals surface area contributed by atoms with Gasteiger partial charge < -0.3 is 16.0 Å². The molecule has 2 atom stereocenters. The third kappa shape index (κ3) is 4.98. The number of Topliss-reactive ketones (excluding diaryl/α,β-unsaturated/α-hetero) is 1. The molecule has 1 aliphatic heterocycles. The maximum absolute atomic E-state index is 12.8. The molecule has 1 fully saturated rings. The number of primary amides is 1. The second-order valence-electron chi connectivity index (χ2n) is 11.0. The lowest BCUT2D eigenvalue weighted by molar-refractivity contribution is 0.0909. The predicted octanol–water partition coefficient (Wildman–Crippen LogP) is 3.82. The van der Waals surface area contributed by atoms with Crippen LogP contribution in [0.2, 0.25) is 0 Å². The molecule has 1 aromatic carbocycles. The van der Waals surface area contributed by atoms with E-state index in [-0.39, 0.29) is 11.2 Å². The molecule has 2 heterocycles. The molecular formula is C26H37N5O2. The summed E-state index contributed by atoms with van der Waals surface area (Å²) < 4.78 is 1.87. The summed E-state index contributed by atoms with van der Waals surface area (Å²) in [6.07, 6.45) is 2.60. The van der Waals surface area contributed by atoms with Crippen LogP contribution in [0.3, 0.4) is 0 Å². The quantitative estimate of drug-likeness (QED) is 0.696. The predicted molar refractivity (Wildman–Crippen MR) is 131 cm³/mol. The molecule has 1 aliphatic carbocycles. The smallest absolute Gasteiger partial charge is 0.250 e. The van der Waals surface area contributed by atoms with Crippen LogP contribution in [0.4, 0.5) is 5.69 Å². The summed E-state index contributed by atoms with van der Waals surface area (Å²) in [5, 5.41) is 8.15. The minimum absolute atomic E-state index is 0.106. The Morgan fingerprint density at radius 3 is 2.58 bits per heavy atom. The normalized spacial score (nSPS) is 22.8. The molecule has 2 aromatic rings. The molecule has 0 unspecified atom stereocenters. The summed E-state index contributed by atoms with van der Waals surface area (Å²) in [7, 11) is 0. The van der Waals surface area contributed by atoms with Gasteiger partial charge in [-0.25, -0.2) is 4.68 Å². The van der Waals surface area contributed by atoms with Crippen LogP contribution in [0, 0.1) is 24.2 Å². The van der Waals surface area contributed by atoms with Crippen molar-refractivity contribution in [3.05, 3.63) is 40.7 Å². The van der Waals surface area contributed by atoms with Gasteiger partial charge in [0.1, 0.15) is 0 Å². The molecule has 1 saturated heterocycles. The molecule has 0 spiro atoms. The first kappa shape index (κ1) is 23.5. The number of rotatable bonds is 6. The third-order valence-corrected chi connectivity index (χ3v) is 6.92. The first-order valence-corrected chi connectivity index (χ1v) is 12.1. The summed E-state index contributed by atoms with van der Waals surface area (Å²) in [6.45, 7) is 14.6. The van der Waals surface area contributed by atoms with E-state index >= 15 is 0 Å². The molecule has 0 radical (unpaired) electrons. The highest BCUT2D eigenvalue weighted by molar-refractivity contribution is 6.00. The molecule has 33 heavy (non-hydrogen) atoms. The Labute approximate surface area is 196 Å². The Hall–Kier alpha value is -2.67. The van der Waals surface area contributed by atoms with Crippen LogP contribution < -0.4 is 11.1 Å². The number of nitrogens with one attached hydrogen (secondary N) is 1. The summed E-state index contributed by atoms with van der Waals surface area (Å²) in [5.41, 5.74) is 10.0. The van der Waals surface area contributed by atoms with Crippen molar-refractivity contribution in [2.45, 2.75) is 53.9 Å². The van der Waals surface area contributed by atoms with Gasteiger partial charge in [-0.1, -0.05) is 27.7 Å². The van der Waals surface area contributed by atoms with E-state index in [1.807, 2.05) is 23.7 Å². The SMILES string of the molecule is Cc1nn(-c2ccc(C(N)=O)c(NCCN3C[C@H](C)C[C@H](C)C3)c2)c2c1C(=O)CC(C)(C)C2. The van der Waals surface area contributed by atoms with E-state index in [0.29, 0.717) is 29.5 Å². The van der Waals surface area contributed by atoms with Crippen LogP contribution in [-0.4, -0.2) is 52.5 Å². The number of fused-ring (bicyclic) bond motifs is 1. The Balaban J connectivity index is 1.59. The first-order valence-electron chi connectivity index (χ1n) is 12.1. The molecular weight excluding hydrogens is 414 g/mol. The van der Waals surface area contributed by atoms with E-state index in [4.69, 9.17) is 10.8 Å². The zero-order valence-electron chi connectivity index (χ0n) is 20.6. The molecule has 7 heteroatoms. The minimum atomic E-state index is -0.459. The monoisotopic (exact) mass is 451 g/mol. The molecule has 3 N–H and O–H groups in total. The van der Waals surface area contributed by atoms with Crippen LogP contribution in [0.5, 0.6) is 0 Å². The number of amides is 1. The number of hydrogen-bond donors (Lipinski definition) is 2. The molecule has 0 bridgehead atoms. The fourth-order valence-electron chi connectivity index (χ4n) is 5.70. The average molecular weight is 452 g/mol. The third-order valence-electron chi connectivity index (χ3n) is 6.92. The molecule has 0 saturated carbocycles. The molecule has 1 aromatic heterocycles. The average Bonchev–Trinajstić information content (AvgIpc) is 3.02. The molecule has 178 valence electrons. The summed E-state index contributed by atoms with van der Waals surface area (Å²) in [5.74, 6) is 1.11. The van der Waals surface area contributed by atoms with Gasteiger partial charge in [0, 0.05) is 38.3 Å². The van der Waals surface area contributed by atoms with Crippen molar-refractivity contribution >= 4 is 17.4 Å². The Bertz CT molecular complexity index is 1060. The molecule has 2 aliphatic rings. The maximum Gasteiger partial charge on any atom is 0.250 e. The van der Waals surface area contributed by atoms with Crippen LogP contribution in [0.1, 0.15) is 72.6 Å². The highest BCUT2D eigenvalue weighted by Crippen LogP contribution is 2.37. The van der Waals surface area contributed by atoms with Gasteiger partial charge >= 0.3 is 0 Å². The number of benzene rings is 1. The van der Waals surface area contributed by atoms with Crippen LogP contribution in [0.25, 0.3) is 5.69 Å². The number of likely N-dealkylation sites (tertiary alicyclic amines) is 1. The van der Waals surface area contributed by atoms with Crippen LogP contribution in [0.15, 0.2) is 18.2 Å². The van der Waals surface area contributed by atoms with Crippen molar-refractivity contribution in [2.24, 2.45) is 23.0 Å². The fourth-order valence-corrected chi connectivity index (χ4v) is 5.70. The second kappa shape index (κ2) is 8.93. The number of carbonyl (C=O) groups excluding carboxylic acids is 2. The van der Waals surface area contributed by atoms with E-state index in [2.05, 4.69) is 37.9 Å². The highest BCUT2D eigenvalue weighted by atomic mass is 16.1. The van der Waals surface area contributed by atoms with Crippen LogP contribution >= 0.6 is 0 Å². The van der Waals surface area contributed by atoms with Gasteiger partial charge in [0.2, 0.25) is 0 Å². The van der Waals surface area contributed by atoms with Crippen molar-refractivity contribution < 1.29 is 9.59 Å². The Morgan fingerprint density at radius 1 is 1.21 bits per heavy atom. The zero-order chi connectivity index (χ0) is 23.9. The number of hydrogen-bond acceptors (Lipinski definition) is 5. The van der Waals surface area contributed by atoms with Crippen molar-refractivity contribution in [3.8, 4) is 5.69 Å². The standard InChI is InChI=1S/C26H37N5O2/c1-16-10-17(2)15-30(14-16)9-8-28-21-11-19(6-7-20(21)25(27)33)31-22-12-26(4,5)13-23(32)24(22)18(3)29-31/h6-7,11,16-17,28H,8-10,12-15H2,1-5H3,(H2,27,33)/t16-,17+. The number of piperidine rings is 1. The number of nitrogens with zero attached hydrogens (tertiary/aromatic N) is 3. The number of anilines is 1. The zero-order valence-corrected chi connectivity index (χ0v) is 20.6. The fraction of sp³-hybridized carbons (Fsp3) is 0.577. The van der Waals surface area contributed by atoms with Gasteiger partial charge in [-0.05, 0) is 55.2 Å². The van der Waals surface area contributed by atoms with Gasteiger partial charge in [-0.3, -0.25) is 9.59 Å². The summed E-state index contributed by atoms with van der Waals surface area (Å²) >= 11 is 0. The number of ketones is 1. The number of aryl methyl sites for hydroxylation is 1. The topological polar surface area (TPSA) is 93.2 Å². The van der Waals surface area contributed by atoms with Gasteiger partial charge in [0.15, 0.2) is 5.78 Å². The van der Waals surface area contributed by atoms with Gasteiger partial charge in [0.25, 0.3) is 5.91 Å².